The normalized spacial score (nSPS) is 18.9. The first kappa shape index (κ1) is 18.3. The van der Waals surface area contributed by atoms with Crippen molar-refractivity contribution < 1.29 is 13.2 Å². The molecule has 0 aliphatic carbocycles. The van der Waals surface area contributed by atoms with Gasteiger partial charge in [-0.25, -0.2) is 8.42 Å². The van der Waals surface area contributed by atoms with Gasteiger partial charge in [0, 0.05) is 19.2 Å². The van der Waals surface area contributed by atoms with Crippen molar-refractivity contribution in [3.8, 4) is 5.69 Å². The van der Waals surface area contributed by atoms with Gasteiger partial charge in [-0.15, -0.1) is 0 Å². The monoisotopic (exact) mass is 375 g/mol. The summed E-state index contributed by atoms with van der Waals surface area (Å²) in [6, 6.07) is 11.5. The number of amides is 1. The summed E-state index contributed by atoms with van der Waals surface area (Å²) >= 11 is 0. The molecule has 1 fully saturated rings. The Kier molecular flexibility index (Phi) is 4.70. The van der Waals surface area contributed by atoms with Crippen LogP contribution in [0, 0.1) is 0 Å². The fourth-order valence-corrected chi connectivity index (χ4v) is 4.24. The van der Waals surface area contributed by atoms with Crippen LogP contribution < -0.4 is 5.56 Å². The highest BCUT2D eigenvalue weighted by atomic mass is 32.2. The summed E-state index contributed by atoms with van der Waals surface area (Å²) in [6.45, 7) is 3.82. The number of carbonyl (C=O) groups is 1. The average molecular weight is 375 g/mol. The van der Waals surface area contributed by atoms with E-state index in [-0.39, 0.29) is 29.5 Å². The van der Waals surface area contributed by atoms with Gasteiger partial charge in [0.1, 0.15) is 5.69 Å². The van der Waals surface area contributed by atoms with E-state index in [0.29, 0.717) is 18.7 Å². The molecule has 7 nitrogen and oxygen atoms in total. The highest BCUT2D eigenvalue weighted by Gasteiger charge is 2.38. The van der Waals surface area contributed by atoms with Gasteiger partial charge >= 0.3 is 0 Å². The minimum absolute atomic E-state index is 0.0793. The Balaban J connectivity index is 1.90. The molecule has 0 radical (unpaired) electrons. The second-order valence-corrected chi connectivity index (χ2v) is 9.67. The van der Waals surface area contributed by atoms with Crippen LogP contribution >= 0.6 is 0 Å². The lowest BCUT2D eigenvalue weighted by Gasteiger charge is -2.22. The second-order valence-electron chi connectivity index (χ2n) is 6.92. The average Bonchev–Trinajstić information content (AvgIpc) is 2.72. The number of benzene rings is 1. The number of sulfone groups is 1. The van der Waals surface area contributed by atoms with E-state index < -0.39 is 14.6 Å². The van der Waals surface area contributed by atoms with Gasteiger partial charge in [0.05, 0.1) is 16.2 Å². The smallest absolute Gasteiger partial charge is 0.274 e. The third-order valence-corrected chi connectivity index (χ3v) is 7.37. The summed E-state index contributed by atoms with van der Waals surface area (Å²) in [4.78, 5) is 26.4. The predicted molar refractivity (Wildman–Crippen MR) is 98.2 cm³/mol. The van der Waals surface area contributed by atoms with E-state index in [1.165, 1.54) is 21.7 Å². The molecule has 1 amide bonds. The fourth-order valence-electron chi connectivity index (χ4n) is 2.82. The van der Waals surface area contributed by atoms with E-state index in [9.17, 15) is 18.0 Å². The van der Waals surface area contributed by atoms with Crippen LogP contribution in [0.4, 0.5) is 0 Å². The SMILES string of the molecule is CC1(C)CCN(C(=O)c2ccc(=O)n(-c3ccccc3)n2)CCS1(=O)=O. The van der Waals surface area contributed by atoms with Crippen LogP contribution in [0.1, 0.15) is 30.8 Å². The summed E-state index contributed by atoms with van der Waals surface area (Å²) in [5.74, 6) is -0.452. The Morgan fingerprint density at radius 2 is 1.77 bits per heavy atom. The quantitative estimate of drug-likeness (QED) is 0.789. The van der Waals surface area contributed by atoms with Gasteiger partial charge in [0.25, 0.3) is 11.5 Å². The van der Waals surface area contributed by atoms with Gasteiger partial charge in [0.2, 0.25) is 0 Å². The van der Waals surface area contributed by atoms with Crippen molar-refractivity contribution in [3.05, 3.63) is 58.5 Å². The maximum atomic E-state index is 12.8. The molecular weight excluding hydrogens is 354 g/mol. The summed E-state index contributed by atoms with van der Waals surface area (Å²) in [5.41, 5.74) is 0.338. The van der Waals surface area contributed by atoms with E-state index in [4.69, 9.17) is 0 Å². The first-order chi connectivity index (χ1) is 12.2. The largest absolute Gasteiger partial charge is 0.336 e. The predicted octanol–water partition coefficient (Wildman–Crippen LogP) is 1.27. The maximum absolute atomic E-state index is 12.8. The standard InChI is InChI=1S/C18H21N3O4S/c1-18(2)10-11-20(12-13-26(18,24)25)17(23)15-8-9-16(22)21(19-15)14-6-4-3-5-7-14/h3-9H,10-13H2,1-2H3. The summed E-state index contributed by atoms with van der Waals surface area (Å²) in [5, 5.41) is 4.18. The first-order valence-electron chi connectivity index (χ1n) is 8.39. The lowest BCUT2D eigenvalue weighted by atomic mass is 10.1. The molecule has 0 atom stereocenters. The van der Waals surface area contributed by atoms with Crippen molar-refractivity contribution in [2.24, 2.45) is 0 Å². The van der Waals surface area contributed by atoms with Crippen LogP contribution in [-0.2, 0) is 9.84 Å². The number of hydrogen-bond acceptors (Lipinski definition) is 5. The Labute approximate surface area is 152 Å². The third kappa shape index (κ3) is 3.41. The summed E-state index contributed by atoms with van der Waals surface area (Å²) in [7, 11) is -3.27. The molecule has 0 N–H and O–H groups in total. The molecule has 1 aromatic carbocycles. The molecule has 26 heavy (non-hydrogen) atoms. The van der Waals surface area contributed by atoms with Crippen LogP contribution in [0.2, 0.25) is 0 Å². The van der Waals surface area contributed by atoms with E-state index in [0.717, 1.165) is 0 Å². The molecule has 0 saturated carbocycles. The molecule has 1 aliphatic heterocycles. The third-order valence-electron chi connectivity index (χ3n) is 4.76. The molecule has 1 aromatic heterocycles. The summed E-state index contributed by atoms with van der Waals surface area (Å²) < 4.78 is 24.9. The van der Waals surface area contributed by atoms with Crippen molar-refractivity contribution in [2.45, 2.75) is 25.0 Å². The zero-order valence-electron chi connectivity index (χ0n) is 14.8. The van der Waals surface area contributed by atoms with Crippen LogP contribution in [-0.4, -0.2) is 52.6 Å². The molecule has 0 spiro atoms. The van der Waals surface area contributed by atoms with E-state index in [1.54, 1.807) is 38.1 Å². The van der Waals surface area contributed by atoms with Gasteiger partial charge in [0.15, 0.2) is 9.84 Å². The number of rotatable bonds is 2. The Hall–Kier alpha value is -2.48. The van der Waals surface area contributed by atoms with Crippen molar-refractivity contribution >= 4 is 15.7 Å². The summed E-state index contributed by atoms with van der Waals surface area (Å²) in [6.07, 6.45) is 0.361. The molecule has 3 rings (SSSR count). The molecular formula is C18H21N3O4S. The van der Waals surface area contributed by atoms with E-state index in [1.807, 2.05) is 6.07 Å². The molecule has 0 unspecified atom stereocenters. The Bertz CT molecular complexity index is 981. The fraction of sp³-hybridized carbons (Fsp3) is 0.389. The molecule has 8 heteroatoms. The van der Waals surface area contributed by atoms with Crippen molar-refractivity contribution in [1.82, 2.24) is 14.7 Å². The molecule has 2 heterocycles. The second kappa shape index (κ2) is 6.68. The number of para-hydroxylation sites is 1. The van der Waals surface area contributed by atoms with Gasteiger partial charge in [-0.1, -0.05) is 18.2 Å². The van der Waals surface area contributed by atoms with Crippen molar-refractivity contribution in [1.29, 1.82) is 0 Å². The molecule has 1 aliphatic rings. The van der Waals surface area contributed by atoms with Crippen LogP contribution in [0.3, 0.4) is 0 Å². The highest BCUT2D eigenvalue weighted by Crippen LogP contribution is 2.25. The maximum Gasteiger partial charge on any atom is 0.274 e. The van der Waals surface area contributed by atoms with Gasteiger partial charge in [-0.2, -0.15) is 9.78 Å². The lowest BCUT2D eigenvalue weighted by molar-refractivity contribution is 0.0756. The van der Waals surface area contributed by atoms with E-state index in [2.05, 4.69) is 5.10 Å². The zero-order valence-corrected chi connectivity index (χ0v) is 15.6. The number of nitrogens with zero attached hydrogens (tertiary/aromatic N) is 3. The Morgan fingerprint density at radius 3 is 2.46 bits per heavy atom. The first-order valence-corrected chi connectivity index (χ1v) is 10.0. The molecule has 1 saturated heterocycles. The van der Waals surface area contributed by atoms with Crippen molar-refractivity contribution in [3.63, 3.8) is 0 Å². The number of hydrogen-bond donors (Lipinski definition) is 0. The lowest BCUT2D eigenvalue weighted by Crippen LogP contribution is -2.35. The molecule has 2 aromatic rings. The number of aromatic nitrogens is 2. The molecule has 138 valence electrons. The molecule has 0 bridgehead atoms. The minimum Gasteiger partial charge on any atom is -0.336 e. The minimum atomic E-state index is -3.27. The van der Waals surface area contributed by atoms with E-state index >= 15 is 0 Å². The van der Waals surface area contributed by atoms with Crippen LogP contribution in [0.5, 0.6) is 0 Å². The van der Waals surface area contributed by atoms with Crippen LogP contribution in [0.15, 0.2) is 47.3 Å². The topological polar surface area (TPSA) is 89.3 Å². The zero-order chi connectivity index (χ0) is 18.9. The highest BCUT2D eigenvalue weighted by molar-refractivity contribution is 7.92. The van der Waals surface area contributed by atoms with Crippen LogP contribution in [0.25, 0.3) is 5.69 Å². The van der Waals surface area contributed by atoms with Gasteiger partial charge in [-0.05, 0) is 38.5 Å². The van der Waals surface area contributed by atoms with Crippen molar-refractivity contribution in [2.75, 3.05) is 18.8 Å². The number of carbonyl (C=O) groups excluding carboxylic acids is 1. The van der Waals surface area contributed by atoms with Gasteiger partial charge < -0.3 is 4.90 Å². The van der Waals surface area contributed by atoms with Gasteiger partial charge in [-0.3, -0.25) is 9.59 Å². The Morgan fingerprint density at radius 1 is 1.08 bits per heavy atom.